The zero-order chi connectivity index (χ0) is 13.4. The molecule has 4 atom stereocenters. The van der Waals surface area contributed by atoms with E-state index in [4.69, 9.17) is 18.9 Å². The number of hydrogen-bond acceptors (Lipinski definition) is 5. The molecule has 0 aromatic rings. The summed E-state index contributed by atoms with van der Waals surface area (Å²) in [6.45, 7) is 2.70. The lowest BCUT2D eigenvalue weighted by Gasteiger charge is -2.28. The summed E-state index contributed by atoms with van der Waals surface area (Å²) >= 11 is 0. The van der Waals surface area contributed by atoms with Gasteiger partial charge in [0, 0.05) is 52.3 Å². The van der Waals surface area contributed by atoms with Gasteiger partial charge in [-0.2, -0.15) is 0 Å². The molecule has 0 amide bonds. The van der Waals surface area contributed by atoms with E-state index in [0.29, 0.717) is 26.4 Å². The van der Waals surface area contributed by atoms with E-state index < -0.39 is 0 Å². The fraction of sp³-hybridized carbons (Fsp3) is 1.00. The van der Waals surface area contributed by atoms with E-state index in [-0.39, 0.29) is 30.5 Å². The molecule has 0 aromatic heterocycles. The van der Waals surface area contributed by atoms with Crippen molar-refractivity contribution in [1.82, 2.24) is 0 Å². The Bertz CT molecular complexity index is 212. The van der Waals surface area contributed by atoms with Crippen LogP contribution in [0.2, 0.25) is 0 Å². The Hall–Kier alpha value is -0.200. The molecule has 5 heteroatoms. The molecule has 1 N–H and O–H groups in total. The van der Waals surface area contributed by atoms with Crippen molar-refractivity contribution in [2.75, 3.05) is 54.4 Å². The molecule has 5 nitrogen and oxygen atoms in total. The SMILES string of the molecule is COCCC(COC)C1OCC(CO)C1COC. The summed E-state index contributed by atoms with van der Waals surface area (Å²) in [5.74, 6) is 0.681. The molecular formula is C13H26O5. The molecule has 1 saturated heterocycles. The van der Waals surface area contributed by atoms with Gasteiger partial charge in [-0.05, 0) is 6.42 Å². The van der Waals surface area contributed by atoms with Crippen LogP contribution in [0.25, 0.3) is 0 Å². The number of ether oxygens (including phenoxy) is 4. The van der Waals surface area contributed by atoms with Gasteiger partial charge >= 0.3 is 0 Å². The summed E-state index contributed by atoms with van der Waals surface area (Å²) in [6.07, 6.45) is 0.977. The molecule has 0 aliphatic carbocycles. The second kappa shape index (κ2) is 8.82. The molecule has 0 bridgehead atoms. The minimum atomic E-state index is 0.0807. The second-order valence-corrected chi connectivity index (χ2v) is 4.86. The van der Waals surface area contributed by atoms with E-state index in [1.54, 1.807) is 21.3 Å². The molecule has 0 radical (unpaired) electrons. The summed E-state index contributed by atoms with van der Waals surface area (Å²) in [4.78, 5) is 0. The number of aliphatic hydroxyl groups excluding tert-OH is 1. The fourth-order valence-corrected chi connectivity index (χ4v) is 2.67. The normalized spacial score (nSPS) is 29.7. The highest BCUT2D eigenvalue weighted by atomic mass is 16.5. The lowest BCUT2D eigenvalue weighted by atomic mass is 9.84. The van der Waals surface area contributed by atoms with Crippen molar-refractivity contribution in [3.05, 3.63) is 0 Å². The van der Waals surface area contributed by atoms with Gasteiger partial charge in [0.25, 0.3) is 0 Å². The molecular weight excluding hydrogens is 236 g/mol. The first-order valence-electron chi connectivity index (χ1n) is 6.47. The maximum atomic E-state index is 9.38. The largest absolute Gasteiger partial charge is 0.396 e. The zero-order valence-corrected chi connectivity index (χ0v) is 11.6. The summed E-state index contributed by atoms with van der Waals surface area (Å²) < 4.78 is 21.5. The summed E-state index contributed by atoms with van der Waals surface area (Å²) in [5, 5.41) is 9.38. The van der Waals surface area contributed by atoms with Crippen LogP contribution in [0.15, 0.2) is 0 Å². The minimum Gasteiger partial charge on any atom is -0.396 e. The lowest BCUT2D eigenvalue weighted by molar-refractivity contribution is -0.0195. The Labute approximate surface area is 109 Å². The maximum Gasteiger partial charge on any atom is 0.0680 e. The molecule has 1 aliphatic rings. The average molecular weight is 262 g/mol. The third kappa shape index (κ3) is 4.17. The van der Waals surface area contributed by atoms with Crippen molar-refractivity contribution in [3.63, 3.8) is 0 Å². The van der Waals surface area contributed by atoms with E-state index in [1.165, 1.54) is 0 Å². The van der Waals surface area contributed by atoms with Crippen molar-refractivity contribution >= 4 is 0 Å². The van der Waals surface area contributed by atoms with Crippen LogP contribution in [0.5, 0.6) is 0 Å². The number of aliphatic hydroxyl groups is 1. The molecule has 18 heavy (non-hydrogen) atoms. The van der Waals surface area contributed by atoms with Gasteiger partial charge in [0.2, 0.25) is 0 Å². The van der Waals surface area contributed by atoms with E-state index >= 15 is 0 Å². The third-order valence-electron chi connectivity index (χ3n) is 3.66. The van der Waals surface area contributed by atoms with Crippen LogP contribution >= 0.6 is 0 Å². The fourth-order valence-electron chi connectivity index (χ4n) is 2.67. The molecule has 0 aromatic carbocycles. The Kier molecular flexibility index (Phi) is 7.77. The van der Waals surface area contributed by atoms with Crippen LogP contribution < -0.4 is 0 Å². The lowest BCUT2D eigenvalue weighted by Crippen LogP contribution is -2.35. The Morgan fingerprint density at radius 2 is 2.00 bits per heavy atom. The predicted molar refractivity (Wildman–Crippen MR) is 67.5 cm³/mol. The van der Waals surface area contributed by atoms with Gasteiger partial charge in [-0.3, -0.25) is 0 Å². The molecule has 0 spiro atoms. The third-order valence-corrected chi connectivity index (χ3v) is 3.66. The smallest absolute Gasteiger partial charge is 0.0680 e. The first-order chi connectivity index (χ1) is 8.78. The van der Waals surface area contributed by atoms with Crippen molar-refractivity contribution in [2.24, 2.45) is 17.8 Å². The maximum absolute atomic E-state index is 9.38. The molecule has 4 unspecified atom stereocenters. The molecule has 0 saturated carbocycles. The quantitative estimate of drug-likeness (QED) is 0.658. The van der Waals surface area contributed by atoms with Crippen LogP contribution in [0.3, 0.4) is 0 Å². The molecule has 1 aliphatic heterocycles. The summed E-state index contributed by atoms with van der Waals surface area (Å²) in [5.41, 5.74) is 0. The topological polar surface area (TPSA) is 57.2 Å². The van der Waals surface area contributed by atoms with Gasteiger partial charge in [0.05, 0.1) is 25.9 Å². The first kappa shape index (κ1) is 15.9. The minimum absolute atomic E-state index is 0.0807. The van der Waals surface area contributed by atoms with Crippen molar-refractivity contribution in [3.8, 4) is 0 Å². The Morgan fingerprint density at radius 3 is 2.56 bits per heavy atom. The van der Waals surface area contributed by atoms with E-state index in [0.717, 1.165) is 6.42 Å². The van der Waals surface area contributed by atoms with Crippen molar-refractivity contribution < 1.29 is 24.1 Å². The van der Waals surface area contributed by atoms with Crippen LogP contribution in [0.1, 0.15) is 6.42 Å². The van der Waals surface area contributed by atoms with Gasteiger partial charge in [-0.15, -0.1) is 0 Å². The van der Waals surface area contributed by atoms with Crippen LogP contribution in [0.4, 0.5) is 0 Å². The Balaban J connectivity index is 2.62. The number of hydrogen-bond donors (Lipinski definition) is 1. The predicted octanol–water partition coefficient (Wildman–Crippen LogP) is 0.555. The highest BCUT2D eigenvalue weighted by molar-refractivity contribution is 4.87. The molecule has 1 fully saturated rings. The monoisotopic (exact) mass is 262 g/mol. The van der Waals surface area contributed by atoms with Crippen LogP contribution in [0, 0.1) is 17.8 Å². The average Bonchev–Trinajstić information content (AvgIpc) is 2.78. The molecule has 108 valence electrons. The highest BCUT2D eigenvalue weighted by Gasteiger charge is 2.40. The van der Waals surface area contributed by atoms with E-state index in [1.807, 2.05) is 0 Å². The zero-order valence-electron chi connectivity index (χ0n) is 11.6. The molecule has 1 rings (SSSR count). The van der Waals surface area contributed by atoms with Gasteiger partial charge < -0.3 is 24.1 Å². The highest BCUT2D eigenvalue weighted by Crippen LogP contribution is 2.33. The second-order valence-electron chi connectivity index (χ2n) is 4.86. The van der Waals surface area contributed by atoms with E-state index in [2.05, 4.69) is 0 Å². The van der Waals surface area contributed by atoms with Gasteiger partial charge in [0.15, 0.2) is 0 Å². The summed E-state index contributed by atoms with van der Waals surface area (Å²) in [7, 11) is 5.08. The number of methoxy groups -OCH3 is 3. The summed E-state index contributed by atoms with van der Waals surface area (Å²) in [6, 6.07) is 0. The standard InChI is InChI=1S/C13H26O5/c1-15-5-4-10(7-16-2)13-12(9-17-3)11(6-14)8-18-13/h10-14H,4-9H2,1-3H3. The van der Waals surface area contributed by atoms with Gasteiger partial charge in [-0.25, -0.2) is 0 Å². The van der Waals surface area contributed by atoms with Crippen molar-refractivity contribution in [2.45, 2.75) is 12.5 Å². The van der Waals surface area contributed by atoms with E-state index in [9.17, 15) is 5.11 Å². The Morgan fingerprint density at radius 1 is 1.22 bits per heavy atom. The van der Waals surface area contributed by atoms with Gasteiger partial charge in [-0.1, -0.05) is 0 Å². The van der Waals surface area contributed by atoms with Crippen LogP contribution in [-0.4, -0.2) is 65.6 Å². The van der Waals surface area contributed by atoms with Gasteiger partial charge in [0.1, 0.15) is 0 Å². The molecule has 1 heterocycles. The first-order valence-corrected chi connectivity index (χ1v) is 6.47. The van der Waals surface area contributed by atoms with Crippen LogP contribution in [-0.2, 0) is 18.9 Å². The number of rotatable bonds is 9. The van der Waals surface area contributed by atoms with Crippen molar-refractivity contribution in [1.29, 1.82) is 0 Å².